The van der Waals surface area contributed by atoms with E-state index >= 15 is 0 Å². The molecule has 4 rings (SSSR count). The Labute approximate surface area is 235 Å². The van der Waals surface area contributed by atoms with E-state index < -0.39 is 0 Å². The Kier molecular flexibility index (Phi) is 17.7. The third-order valence-electron chi connectivity index (χ3n) is 5.91. The Bertz CT molecular complexity index is 901. The molecule has 0 saturated carbocycles. The highest BCUT2D eigenvalue weighted by molar-refractivity contribution is 8.59. The monoisotopic (exact) mass is 589 g/mol. The molecule has 1 N–H and O–H groups in total. The highest BCUT2D eigenvalue weighted by Gasteiger charge is 2.14. The molecule has 11 heteroatoms. The summed E-state index contributed by atoms with van der Waals surface area (Å²) in [4.78, 5) is 9.55. The molecule has 0 amide bonds. The van der Waals surface area contributed by atoms with E-state index in [1.54, 1.807) is 12.1 Å². The van der Waals surface area contributed by atoms with Crippen molar-refractivity contribution in [3.63, 3.8) is 0 Å². The first-order valence-electron chi connectivity index (χ1n) is 11.5. The van der Waals surface area contributed by atoms with Gasteiger partial charge in [-0.05, 0) is 49.5 Å². The fourth-order valence-electron chi connectivity index (χ4n) is 3.73. The van der Waals surface area contributed by atoms with Crippen LogP contribution in [0.25, 0.3) is 0 Å². The molecule has 0 spiro atoms. The van der Waals surface area contributed by atoms with Crippen molar-refractivity contribution < 1.29 is 9.50 Å². The maximum Gasteiger partial charge on any atom is 0.123 e. The Morgan fingerprint density at radius 3 is 1.39 bits per heavy atom. The lowest BCUT2D eigenvalue weighted by atomic mass is 10.2. The maximum absolute atomic E-state index is 12.7. The molecule has 2 saturated heterocycles. The van der Waals surface area contributed by atoms with Crippen LogP contribution < -0.4 is 0 Å². The molecule has 2 aliphatic heterocycles. The lowest BCUT2D eigenvalue weighted by Gasteiger charge is -2.32. The molecule has 0 aliphatic carbocycles. The number of likely N-dealkylation sites (N-methyl/N-ethyl adjacent to an activating group) is 2. The van der Waals surface area contributed by atoms with Crippen LogP contribution in [0.5, 0.6) is 5.75 Å². The second kappa shape index (κ2) is 19.2. The number of benzene rings is 2. The summed E-state index contributed by atoms with van der Waals surface area (Å²) in [6.07, 6.45) is 0. The molecule has 0 bridgehead atoms. The van der Waals surface area contributed by atoms with Crippen LogP contribution in [0, 0.1) is 5.82 Å². The van der Waals surface area contributed by atoms with Gasteiger partial charge in [0.2, 0.25) is 0 Å². The number of phenolic OH excluding ortho intramolecular Hbond substituents is 1. The molecule has 5 nitrogen and oxygen atoms in total. The zero-order valence-electron chi connectivity index (χ0n) is 20.3. The number of rotatable bonds is 4. The Morgan fingerprint density at radius 1 is 0.694 bits per heavy atom. The first-order chi connectivity index (χ1) is 16.9. The molecular formula is C25H39FN4OS5. The average Bonchev–Trinajstić information content (AvgIpc) is 2.86. The molecule has 36 heavy (non-hydrogen) atoms. The summed E-state index contributed by atoms with van der Waals surface area (Å²) in [6, 6.07) is 14.3. The lowest BCUT2D eigenvalue weighted by molar-refractivity contribution is 0.148. The molecule has 0 atom stereocenters. The summed E-state index contributed by atoms with van der Waals surface area (Å²) in [5, 5.41) is 9.18. The van der Waals surface area contributed by atoms with E-state index in [-0.39, 0.29) is 13.2 Å². The molecule has 0 radical (unpaired) electrons. The van der Waals surface area contributed by atoms with Crippen LogP contribution in [0.15, 0.2) is 48.5 Å². The standard InChI is InChI=1S/C12H17FN2.C12H18N2O.CH4.S5/c1-14-6-8-15(9-7-14)10-11-2-4-12(13)5-3-11;1-13-6-8-14(9-7-13)10-11-2-4-12(15)5-3-11;;1-3-5-4-2/h2-5H,6-10H2,1H3;2-5,15H,6-10H2,1H3;1H4;/i13-1;;;. The van der Waals surface area contributed by atoms with Crippen molar-refractivity contribution in [2.75, 3.05) is 66.5 Å². The van der Waals surface area contributed by atoms with E-state index in [0.29, 0.717) is 5.75 Å². The van der Waals surface area contributed by atoms with E-state index in [1.807, 2.05) is 24.3 Å². The number of aromatic hydroxyl groups is 1. The van der Waals surface area contributed by atoms with E-state index in [2.05, 4.69) is 56.1 Å². The van der Waals surface area contributed by atoms with Crippen molar-refractivity contribution >= 4 is 49.0 Å². The fourth-order valence-corrected chi connectivity index (χ4v) is 6.48. The SMILES string of the molecule is C.CN1CCN(Cc2ccc(O)cc2)CC1.CN1CCN(Cc2ccc([18F])cc2)CC1.S=S=S=S=S. The Hall–Kier alpha value is -0.890. The molecule has 0 unspecified atom stereocenters. The predicted octanol–water partition coefficient (Wildman–Crippen LogP) is 3.34. The number of hydrogen-bond donors (Lipinski definition) is 1. The smallest absolute Gasteiger partial charge is 0.123 e. The molecule has 2 fully saturated rings. The van der Waals surface area contributed by atoms with Gasteiger partial charge in [-0.1, -0.05) is 31.7 Å². The number of hydrogen-bond acceptors (Lipinski definition) is 7. The van der Waals surface area contributed by atoms with Gasteiger partial charge in [0.25, 0.3) is 0 Å². The maximum atomic E-state index is 12.7. The van der Waals surface area contributed by atoms with E-state index in [9.17, 15) is 9.50 Å². The van der Waals surface area contributed by atoms with E-state index in [4.69, 9.17) is 0 Å². The van der Waals surface area contributed by atoms with Crippen molar-refractivity contribution in [3.8, 4) is 5.75 Å². The summed E-state index contributed by atoms with van der Waals surface area (Å²) in [7, 11) is 8.26. The number of halogens is 1. The van der Waals surface area contributed by atoms with Crippen LogP contribution in [0.4, 0.5) is 4.39 Å². The van der Waals surface area contributed by atoms with Crippen LogP contribution in [-0.4, -0.2) is 91.2 Å². The molecule has 202 valence electrons. The van der Waals surface area contributed by atoms with Crippen molar-refractivity contribution in [1.29, 1.82) is 0 Å². The minimum Gasteiger partial charge on any atom is -0.508 e. The van der Waals surface area contributed by atoms with Gasteiger partial charge in [-0.3, -0.25) is 9.80 Å². The zero-order chi connectivity index (χ0) is 25.5. The molecule has 2 aliphatic rings. The van der Waals surface area contributed by atoms with Gasteiger partial charge in [0.15, 0.2) is 0 Å². The molecule has 2 aromatic rings. The molecule has 2 aromatic carbocycles. The van der Waals surface area contributed by atoms with E-state index in [1.165, 1.54) is 49.9 Å². The third kappa shape index (κ3) is 14.2. The van der Waals surface area contributed by atoms with Crippen molar-refractivity contribution in [2.24, 2.45) is 0 Å². The van der Waals surface area contributed by atoms with Crippen molar-refractivity contribution in [1.82, 2.24) is 19.6 Å². The summed E-state index contributed by atoms with van der Waals surface area (Å²) in [6.45, 7) is 11.0. The second-order valence-corrected chi connectivity index (χ2v) is 14.0. The second-order valence-electron chi connectivity index (χ2n) is 8.66. The van der Waals surface area contributed by atoms with Crippen LogP contribution in [0.2, 0.25) is 0 Å². The highest BCUT2D eigenvalue weighted by Crippen LogP contribution is 2.12. The minimum atomic E-state index is -0.155. The van der Waals surface area contributed by atoms with Gasteiger partial charge in [-0.15, -0.1) is 0 Å². The van der Waals surface area contributed by atoms with Crippen LogP contribution >= 0.6 is 0 Å². The third-order valence-corrected chi connectivity index (χ3v) is 10.4. The topological polar surface area (TPSA) is 33.2 Å². The first-order valence-corrected chi connectivity index (χ1v) is 16.8. The summed E-state index contributed by atoms with van der Waals surface area (Å²) in [5.74, 6) is 0.189. The Balaban J connectivity index is 0.000000298. The minimum absolute atomic E-state index is 0. The summed E-state index contributed by atoms with van der Waals surface area (Å²) < 4.78 is 12.7. The highest BCUT2D eigenvalue weighted by atomic mass is 33.3. The van der Waals surface area contributed by atoms with Crippen LogP contribution in [0.3, 0.4) is 0 Å². The van der Waals surface area contributed by atoms with Crippen LogP contribution in [0.1, 0.15) is 18.6 Å². The first kappa shape index (κ1) is 33.1. The van der Waals surface area contributed by atoms with Gasteiger partial charge in [0.1, 0.15) is 11.6 Å². The number of phenols is 1. The average molecular weight is 590 g/mol. The number of piperazine rings is 2. The van der Waals surface area contributed by atoms with Gasteiger partial charge >= 0.3 is 0 Å². The van der Waals surface area contributed by atoms with Gasteiger partial charge in [0, 0.05) is 114 Å². The van der Waals surface area contributed by atoms with Gasteiger partial charge in [-0.25, -0.2) is 4.39 Å². The zero-order valence-corrected chi connectivity index (χ0v) is 24.4. The van der Waals surface area contributed by atoms with Crippen molar-refractivity contribution in [3.05, 3.63) is 65.5 Å². The molecular weight excluding hydrogens is 551 g/mol. The van der Waals surface area contributed by atoms with Crippen LogP contribution in [-0.2, 0) is 62.1 Å². The summed E-state index contributed by atoms with van der Waals surface area (Å²) >= 11 is 8.89. The Morgan fingerprint density at radius 2 is 1.06 bits per heavy atom. The molecule has 2 heterocycles. The quantitative estimate of drug-likeness (QED) is 0.586. The summed E-state index contributed by atoms with van der Waals surface area (Å²) in [5.41, 5.74) is 2.47. The predicted molar refractivity (Wildman–Crippen MR) is 164 cm³/mol. The largest absolute Gasteiger partial charge is 0.508 e. The lowest BCUT2D eigenvalue weighted by Crippen LogP contribution is -2.43. The molecule has 0 aromatic heterocycles. The van der Waals surface area contributed by atoms with Crippen molar-refractivity contribution in [2.45, 2.75) is 20.5 Å². The van der Waals surface area contributed by atoms with Gasteiger partial charge < -0.3 is 14.9 Å². The van der Waals surface area contributed by atoms with Gasteiger partial charge in [0.05, 0.1) is 0 Å². The fraction of sp³-hybridized carbons (Fsp3) is 0.520. The number of nitrogens with zero attached hydrogens (tertiary/aromatic N) is 4. The van der Waals surface area contributed by atoms with E-state index in [0.717, 1.165) is 65.4 Å². The normalized spacial score (nSPS) is 16.9. The van der Waals surface area contributed by atoms with Gasteiger partial charge in [-0.2, -0.15) is 0 Å².